The molecule has 0 atom stereocenters. The number of hydrogen-bond donors (Lipinski definition) is 3. The summed E-state index contributed by atoms with van der Waals surface area (Å²) in [4.78, 5) is 26.4. The molecule has 1 heterocycles. The molecule has 6 nitrogen and oxygen atoms in total. The number of nitrogens with one attached hydrogen (secondary N) is 1. The highest BCUT2D eigenvalue weighted by atomic mass is 32.1. The Labute approximate surface area is 119 Å². The number of benzene rings is 1. The predicted octanol–water partition coefficient (Wildman–Crippen LogP) is 1.40. The highest BCUT2D eigenvalue weighted by Crippen LogP contribution is 2.10. The zero-order valence-corrected chi connectivity index (χ0v) is 11.3. The first kappa shape index (κ1) is 14.0. The lowest BCUT2D eigenvalue weighted by Crippen LogP contribution is -2.25. The van der Waals surface area contributed by atoms with Gasteiger partial charge >= 0.3 is 5.97 Å². The topological polar surface area (TPSA) is 105 Å². The van der Waals surface area contributed by atoms with Crippen molar-refractivity contribution < 1.29 is 14.7 Å². The minimum absolute atomic E-state index is 0.0344. The zero-order chi connectivity index (χ0) is 14.5. The van der Waals surface area contributed by atoms with Gasteiger partial charge in [-0.05, 0) is 18.2 Å². The van der Waals surface area contributed by atoms with Crippen molar-refractivity contribution in [3.8, 4) is 0 Å². The number of hydrogen-bond acceptors (Lipinski definition) is 5. The third-order valence-electron chi connectivity index (χ3n) is 2.54. The molecule has 0 saturated heterocycles. The molecule has 0 fully saturated rings. The van der Waals surface area contributed by atoms with Gasteiger partial charge in [-0.1, -0.05) is 6.07 Å². The molecular formula is C13H13N3O3S. The van der Waals surface area contributed by atoms with Crippen LogP contribution in [0.3, 0.4) is 0 Å². The summed E-state index contributed by atoms with van der Waals surface area (Å²) in [7, 11) is 0. The molecule has 0 radical (unpaired) electrons. The largest absolute Gasteiger partial charge is 0.476 e. The fourth-order valence-corrected chi connectivity index (χ4v) is 2.36. The number of thiazole rings is 1. The van der Waals surface area contributed by atoms with E-state index in [0.29, 0.717) is 29.2 Å². The molecule has 2 rings (SSSR count). The summed E-state index contributed by atoms with van der Waals surface area (Å²) < 4.78 is 0. The second-order valence-electron chi connectivity index (χ2n) is 4.06. The molecule has 104 valence electrons. The first-order chi connectivity index (χ1) is 9.56. The standard InChI is InChI=1S/C13H13N3O3S/c14-9-3-1-2-8(6-9)12(17)15-5-4-11-16-10(7-20-11)13(18)19/h1-3,6-7H,4-5,14H2,(H,15,17)(H,18,19). The summed E-state index contributed by atoms with van der Waals surface area (Å²) in [6, 6.07) is 6.70. The minimum atomic E-state index is -1.05. The molecule has 0 bridgehead atoms. The van der Waals surface area contributed by atoms with Crippen molar-refractivity contribution in [2.45, 2.75) is 6.42 Å². The van der Waals surface area contributed by atoms with Gasteiger partial charge in [0.15, 0.2) is 5.69 Å². The van der Waals surface area contributed by atoms with Crippen molar-refractivity contribution in [2.24, 2.45) is 0 Å². The Bertz CT molecular complexity index is 639. The molecular weight excluding hydrogens is 278 g/mol. The molecule has 0 unspecified atom stereocenters. The van der Waals surface area contributed by atoms with E-state index in [1.54, 1.807) is 24.3 Å². The van der Waals surface area contributed by atoms with Crippen LogP contribution in [0.25, 0.3) is 0 Å². The van der Waals surface area contributed by atoms with Gasteiger partial charge in [0.1, 0.15) is 0 Å². The van der Waals surface area contributed by atoms with Gasteiger partial charge in [-0.15, -0.1) is 11.3 Å². The maximum atomic E-state index is 11.8. The maximum absolute atomic E-state index is 11.8. The summed E-state index contributed by atoms with van der Waals surface area (Å²) in [5, 5.41) is 13.6. The van der Waals surface area contributed by atoms with Crippen molar-refractivity contribution in [1.82, 2.24) is 10.3 Å². The molecule has 0 aliphatic rings. The first-order valence-corrected chi connectivity index (χ1v) is 6.75. The SMILES string of the molecule is Nc1cccc(C(=O)NCCc2nc(C(=O)O)cs2)c1. The highest BCUT2D eigenvalue weighted by molar-refractivity contribution is 7.09. The quantitative estimate of drug-likeness (QED) is 0.722. The lowest BCUT2D eigenvalue weighted by Gasteiger charge is -2.04. The number of nitrogen functional groups attached to an aromatic ring is 1. The molecule has 2 aromatic rings. The molecule has 0 spiro atoms. The van der Waals surface area contributed by atoms with Gasteiger partial charge in [-0.25, -0.2) is 9.78 Å². The molecule has 4 N–H and O–H groups in total. The van der Waals surface area contributed by atoms with Crippen molar-refractivity contribution in [3.63, 3.8) is 0 Å². The first-order valence-electron chi connectivity index (χ1n) is 5.87. The number of nitrogens with two attached hydrogens (primary N) is 1. The normalized spacial score (nSPS) is 10.2. The number of nitrogens with zero attached hydrogens (tertiary/aromatic N) is 1. The Morgan fingerprint density at radius 3 is 2.85 bits per heavy atom. The van der Waals surface area contributed by atoms with Gasteiger partial charge in [0.25, 0.3) is 5.91 Å². The van der Waals surface area contributed by atoms with Gasteiger partial charge in [0.05, 0.1) is 5.01 Å². The third kappa shape index (κ3) is 3.55. The number of carboxylic acid groups (broad SMARTS) is 1. The van der Waals surface area contributed by atoms with Crippen LogP contribution in [-0.4, -0.2) is 28.5 Å². The van der Waals surface area contributed by atoms with E-state index < -0.39 is 5.97 Å². The summed E-state index contributed by atoms with van der Waals surface area (Å²) in [6.45, 7) is 0.389. The van der Waals surface area contributed by atoms with Gasteiger partial charge in [-0.2, -0.15) is 0 Å². The van der Waals surface area contributed by atoms with Crippen molar-refractivity contribution in [1.29, 1.82) is 0 Å². The Morgan fingerprint density at radius 2 is 2.20 bits per heavy atom. The molecule has 0 saturated carbocycles. The fourth-order valence-electron chi connectivity index (χ4n) is 1.59. The van der Waals surface area contributed by atoms with E-state index >= 15 is 0 Å². The zero-order valence-electron chi connectivity index (χ0n) is 10.5. The Morgan fingerprint density at radius 1 is 1.40 bits per heavy atom. The number of anilines is 1. The van der Waals surface area contributed by atoms with Crippen molar-refractivity contribution in [2.75, 3.05) is 12.3 Å². The summed E-state index contributed by atoms with van der Waals surface area (Å²) in [6.07, 6.45) is 0.492. The fraction of sp³-hybridized carbons (Fsp3) is 0.154. The predicted molar refractivity (Wildman–Crippen MR) is 76.0 cm³/mol. The van der Waals surface area contributed by atoms with E-state index in [1.165, 1.54) is 16.7 Å². The van der Waals surface area contributed by atoms with Crippen LogP contribution < -0.4 is 11.1 Å². The van der Waals surface area contributed by atoms with Crippen LogP contribution in [0.4, 0.5) is 5.69 Å². The van der Waals surface area contributed by atoms with Crippen LogP contribution in [-0.2, 0) is 6.42 Å². The molecule has 1 aromatic carbocycles. The molecule has 20 heavy (non-hydrogen) atoms. The average molecular weight is 291 g/mol. The number of carboxylic acids is 1. The number of rotatable bonds is 5. The molecule has 7 heteroatoms. The van der Waals surface area contributed by atoms with Crippen LogP contribution in [0.5, 0.6) is 0 Å². The van der Waals surface area contributed by atoms with Crippen LogP contribution >= 0.6 is 11.3 Å². The van der Waals surface area contributed by atoms with Gasteiger partial charge in [0, 0.05) is 29.6 Å². The monoisotopic (exact) mass is 291 g/mol. The Balaban J connectivity index is 1.86. The second-order valence-corrected chi connectivity index (χ2v) is 5.01. The Kier molecular flexibility index (Phi) is 4.31. The minimum Gasteiger partial charge on any atom is -0.476 e. The summed E-state index contributed by atoms with van der Waals surface area (Å²) >= 11 is 1.26. The van der Waals surface area contributed by atoms with E-state index in [4.69, 9.17) is 10.8 Å². The summed E-state index contributed by atoms with van der Waals surface area (Å²) in [5.41, 5.74) is 6.66. The van der Waals surface area contributed by atoms with E-state index in [2.05, 4.69) is 10.3 Å². The highest BCUT2D eigenvalue weighted by Gasteiger charge is 2.09. The number of amides is 1. The molecule has 0 aliphatic carbocycles. The van der Waals surface area contributed by atoms with Crippen molar-refractivity contribution >= 4 is 28.9 Å². The molecule has 0 aliphatic heterocycles. The smallest absolute Gasteiger partial charge is 0.355 e. The second kappa shape index (κ2) is 6.16. The molecule has 1 amide bonds. The Hall–Kier alpha value is -2.41. The van der Waals surface area contributed by atoms with Crippen LogP contribution in [0.1, 0.15) is 25.9 Å². The maximum Gasteiger partial charge on any atom is 0.355 e. The van der Waals surface area contributed by atoms with Gasteiger partial charge in [-0.3, -0.25) is 4.79 Å². The third-order valence-corrected chi connectivity index (χ3v) is 3.45. The van der Waals surface area contributed by atoms with E-state index in [-0.39, 0.29) is 11.6 Å². The summed E-state index contributed by atoms with van der Waals surface area (Å²) in [5.74, 6) is -1.26. The lowest BCUT2D eigenvalue weighted by atomic mass is 10.2. The lowest BCUT2D eigenvalue weighted by molar-refractivity contribution is 0.0690. The van der Waals surface area contributed by atoms with Gasteiger partial charge < -0.3 is 16.2 Å². The number of carbonyl (C=O) groups is 2. The van der Waals surface area contributed by atoms with Crippen LogP contribution in [0, 0.1) is 0 Å². The number of aromatic nitrogens is 1. The molecule has 1 aromatic heterocycles. The van der Waals surface area contributed by atoms with Crippen molar-refractivity contribution in [3.05, 3.63) is 45.9 Å². The van der Waals surface area contributed by atoms with Crippen LogP contribution in [0.15, 0.2) is 29.6 Å². The van der Waals surface area contributed by atoms with E-state index in [0.717, 1.165) is 0 Å². The van der Waals surface area contributed by atoms with Crippen LogP contribution in [0.2, 0.25) is 0 Å². The number of aromatic carboxylic acids is 1. The van der Waals surface area contributed by atoms with Gasteiger partial charge in [0.2, 0.25) is 0 Å². The average Bonchev–Trinajstić information content (AvgIpc) is 2.87. The number of carbonyl (C=O) groups excluding carboxylic acids is 1. The van der Waals surface area contributed by atoms with E-state index in [1.807, 2.05) is 0 Å². The van der Waals surface area contributed by atoms with E-state index in [9.17, 15) is 9.59 Å².